The topological polar surface area (TPSA) is 92.5 Å². The zero-order valence-corrected chi connectivity index (χ0v) is 6.77. The molecule has 4 heteroatoms. The summed E-state index contributed by atoms with van der Waals surface area (Å²) in [7, 11) is 0. The highest BCUT2D eigenvalue weighted by Gasteiger charge is 1.80. The lowest BCUT2D eigenvalue weighted by Crippen LogP contribution is -1.86. The van der Waals surface area contributed by atoms with Crippen LogP contribution in [0.2, 0.25) is 0 Å². The van der Waals surface area contributed by atoms with Crippen LogP contribution in [0.4, 0.5) is 11.4 Å². The van der Waals surface area contributed by atoms with Crippen molar-refractivity contribution in [1.82, 2.24) is 0 Å². The minimum Gasteiger partial charge on any atom is -0.399 e. The quantitative estimate of drug-likeness (QED) is 0.440. The second-order valence-electron chi connectivity index (χ2n) is 2.11. The van der Waals surface area contributed by atoms with E-state index in [1.807, 2.05) is 0 Å². The molecule has 0 saturated heterocycles. The number of aliphatic hydroxyl groups excluding tert-OH is 2. The van der Waals surface area contributed by atoms with Crippen LogP contribution in [0, 0.1) is 0 Å². The van der Waals surface area contributed by atoms with Crippen LogP contribution >= 0.6 is 0 Å². The number of nitrogen functional groups attached to an aromatic ring is 2. The number of rotatable bonds is 1. The molecule has 0 bridgehead atoms. The van der Waals surface area contributed by atoms with E-state index in [-0.39, 0.29) is 13.2 Å². The van der Waals surface area contributed by atoms with Crippen LogP contribution in [0.25, 0.3) is 0 Å². The van der Waals surface area contributed by atoms with Crippen LogP contribution in [0.15, 0.2) is 24.3 Å². The number of aliphatic hydroxyl groups is 2. The maximum Gasteiger partial charge on any atom is 0.0662 e. The van der Waals surface area contributed by atoms with Gasteiger partial charge in [-0.15, -0.1) is 0 Å². The van der Waals surface area contributed by atoms with Crippen molar-refractivity contribution >= 4 is 11.4 Å². The van der Waals surface area contributed by atoms with E-state index in [0.29, 0.717) is 0 Å². The molecule has 0 aliphatic heterocycles. The molecule has 0 saturated carbocycles. The van der Waals surface area contributed by atoms with E-state index in [4.69, 9.17) is 21.7 Å². The second kappa shape index (κ2) is 6.45. The summed E-state index contributed by atoms with van der Waals surface area (Å²) >= 11 is 0. The number of hydrogen-bond donors (Lipinski definition) is 4. The minimum absolute atomic E-state index is 0.125. The summed E-state index contributed by atoms with van der Waals surface area (Å²) in [5.41, 5.74) is 12.2. The molecule has 4 nitrogen and oxygen atoms in total. The molecule has 6 N–H and O–H groups in total. The van der Waals surface area contributed by atoms with Gasteiger partial charge in [0, 0.05) is 11.4 Å². The normalized spacial score (nSPS) is 8.50. The first kappa shape index (κ1) is 10.7. The highest BCUT2D eigenvalue weighted by atomic mass is 16.3. The Hall–Kier alpha value is -1.26. The summed E-state index contributed by atoms with van der Waals surface area (Å²) in [4.78, 5) is 0. The third kappa shape index (κ3) is 5.52. The maximum atomic E-state index is 7.62. The molecule has 0 atom stereocenters. The molecule has 0 spiro atoms. The molecule has 0 heterocycles. The van der Waals surface area contributed by atoms with Crippen molar-refractivity contribution in [1.29, 1.82) is 0 Å². The molecule has 1 aromatic carbocycles. The SMILES string of the molecule is Nc1ccc(N)cc1.OCCO. The molecule has 0 aromatic heterocycles. The largest absolute Gasteiger partial charge is 0.399 e. The van der Waals surface area contributed by atoms with Crippen LogP contribution < -0.4 is 11.5 Å². The Morgan fingerprint density at radius 3 is 1.25 bits per heavy atom. The molecule has 0 aliphatic rings. The van der Waals surface area contributed by atoms with Gasteiger partial charge in [-0.3, -0.25) is 0 Å². The van der Waals surface area contributed by atoms with Gasteiger partial charge in [-0.1, -0.05) is 0 Å². The molecular formula is C8H14N2O2. The smallest absolute Gasteiger partial charge is 0.0662 e. The molecule has 0 fully saturated rings. The van der Waals surface area contributed by atoms with Crippen LogP contribution in [0.1, 0.15) is 0 Å². The molecule has 68 valence electrons. The van der Waals surface area contributed by atoms with E-state index < -0.39 is 0 Å². The Morgan fingerprint density at radius 1 is 0.833 bits per heavy atom. The zero-order chi connectivity index (χ0) is 9.40. The van der Waals surface area contributed by atoms with Gasteiger partial charge in [-0.2, -0.15) is 0 Å². The van der Waals surface area contributed by atoms with E-state index in [2.05, 4.69) is 0 Å². The number of anilines is 2. The molecule has 12 heavy (non-hydrogen) atoms. The zero-order valence-electron chi connectivity index (χ0n) is 6.77. The standard InChI is InChI=1S/C6H8N2.C2H6O2/c7-5-1-2-6(8)4-3-5;3-1-2-4/h1-4H,7-8H2;3-4H,1-2H2. The van der Waals surface area contributed by atoms with E-state index >= 15 is 0 Å². The van der Waals surface area contributed by atoms with Crippen molar-refractivity contribution in [2.75, 3.05) is 24.7 Å². The highest BCUT2D eigenvalue weighted by Crippen LogP contribution is 2.04. The van der Waals surface area contributed by atoms with Crippen LogP contribution in [0.3, 0.4) is 0 Å². The Morgan fingerprint density at radius 2 is 1.08 bits per heavy atom. The van der Waals surface area contributed by atoms with Gasteiger partial charge < -0.3 is 21.7 Å². The third-order valence-electron chi connectivity index (χ3n) is 1.04. The maximum absolute atomic E-state index is 7.62. The predicted molar refractivity (Wildman–Crippen MR) is 49.4 cm³/mol. The van der Waals surface area contributed by atoms with Crippen molar-refractivity contribution < 1.29 is 10.2 Å². The number of benzene rings is 1. The molecule has 0 unspecified atom stereocenters. The monoisotopic (exact) mass is 170 g/mol. The Bertz CT molecular complexity index is 176. The summed E-state index contributed by atoms with van der Waals surface area (Å²) in [5, 5.41) is 15.2. The first-order valence-electron chi connectivity index (χ1n) is 3.53. The summed E-state index contributed by atoms with van der Waals surface area (Å²) in [5.74, 6) is 0. The molecular weight excluding hydrogens is 156 g/mol. The van der Waals surface area contributed by atoms with Crippen molar-refractivity contribution in [3.8, 4) is 0 Å². The van der Waals surface area contributed by atoms with Gasteiger partial charge in [0.05, 0.1) is 13.2 Å². The van der Waals surface area contributed by atoms with Gasteiger partial charge in [0.1, 0.15) is 0 Å². The van der Waals surface area contributed by atoms with Crippen molar-refractivity contribution in [3.05, 3.63) is 24.3 Å². The first-order chi connectivity index (χ1) is 5.70. The minimum atomic E-state index is -0.125. The fourth-order valence-electron chi connectivity index (χ4n) is 0.496. The lowest BCUT2D eigenvalue weighted by Gasteiger charge is -1.90. The van der Waals surface area contributed by atoms with Gasteiger partial charge in [-0.25, -0.2) is 0 Å². The van der Waals surface area contributed by atoms with E-state index in [0.717, 1.165) is 11.4 Å². The van der Waals surface area contributed by atoms with Gasteiger partial charge in [0.25, 0.3) is 0 Å². The van der Waals surface area contributed by atoms with E-state index in [9.17, 15) is 0 Å². The Balaban J connectivity index is 0.000000261. The number of hydrogen-bond acceptors (Lipinski definition) is 4. The van der Waals surface area contributed by atoms with Gasteiger partial charge in [0.15, 0.2) is 0 Å². The summed E-state index contributed by atoms with van der Waals surface area (Å²) in [6.45, 7) is -0.250. The highest BCUT2D eigenvalue weighted by molar-refractivity contribution is 5.47. The molecule has 0 amide bonds. The van der Waals surface area contributed by atoms with Crippen LogP contribution in [-0.2, 0) is 0 Å². The molecule has 0 radical (unpaired) electrons. The third-order valence-corrected chi connectivity index (χ3v) is 1.04. The van der Waals surface area contributed by atoms with E-state index in [1.165, 1.54) is 0 Å². The fraction of sp³-hybridized carbons (Fsp3) is 0.250. The van der Waals surface area contributed by atoms with Gasteiger partial charge in [-0.05, 0) is 24.3 Å². The van der Waals surface area contributed by atoms with Gasteiger partial charge >= 0.3 is 0 Å². The van der Waals surface area contributed by atoms with Gasteiger partial charge in [0.2, 0.25) is 0 Å². The Kier molecular flexibility index (Phi) is 5.77. The van der Waals surface area contributed by atoms with Crippen molar-refractivity contribution in [2.45, 2.75) is 0 Å². The molecule has 0 aliphatic carbocycles. The van der Waals surface area contributed by atoms with Crippen LogP contribution in [-0.4, -0.2) is 23.4 Å². The average molecular weight is 170 g/mol. The van der Waals surface area contributed by atoms with Crippen molar-refractivity contribution in [3.63, 3.8) is 0 Å². The van der Waals surface area contributed by atoms with E-state index in [1.54, 1.807) is 24.3 Å². The molecule has 1 aromatic rings. The lowest BCUT2D eigenvalue weighted by molar-refractivity contribution is 0.186. The second-order valence-corrected chi connectivity index (χ2v) is 2.11. The average Bonchev–Trinajstić information content (AvgIpc) is 2.11. The molecule has 1 rings (SSSR count). The summed E-state index contributed by atoms with van der Waals surface area (Å²) < 4.78 is 0. The summed E-state index contributed by atoms with van der Waals surface area (Å²) in [6, 6.07) is 7.09. The van der Waals surface area contributed by atoms with Crippen LogP contribution in [0.5, 0.6) is 0 Å². The van der Waals surface area contributed by atoms with Crippen molar-refractivity contribution in [2.24, 2.45) is 0 Å². The first-order valence-corrected chi connectivity index (χ1v) is 3.53. The Labute approximate surface area is 71.4 Å². The predicted octanol–water partition coefficient (Wildman–Crippen LogP) is -0.178. The number of nitrogens with two attached hydrogens (primary N) is 2. The lowest BCUT2D eigenvalue weighted by atomic mass is 10.3. The fourth-order valence-corrected chi connectivity index (χ4v) is 0.496. The summed E-state index contributed by atoms with van der Waals surface area (Å²) in [6.07, 6.45) is 0.